The van der Waals surface area contributed by atoms with Crippen molar-refractivity contribution in [3.8, 4) is 5.75 Å². The molecule has 0 unspecified atom stereocenters. The second kappa shape index (κ2) is 8.47. The highest BCUT2D eigenvalue weighted by molar-refractivity contribution is 5.87. The van der Waals surface area contributed by atoms with Crippen molar-refractivity contribution in [1.82, 2.24) is 10.6 Å². The minimum atomic E-state index is -0.457. The number of benzene rings is 2. The molecule has 26 heavy (non-hydrogen) atoms. The molecular weight excluding hydrogens is 335 g/mol. The Hall–Kier alpha value is -2.89. The second-order valence-electron chi connectivity index (χ2n) is 6.26. The van der Waals surface area contributed by atoms with Crippen molar-refractivity contribution in [2.75, 3.05) is 13.2 Å². The topological polar surface area (TPSA) is 67.4 Å². The van der Waals surface area contributed by atoms with Crippen molar-refractivity contribution in [1.29, 1.82) is 0 Å². The number of hydrogen-bond donors (Lipinski definition) is 2. The van der Waals surface area contributed by atoms with Crippen LogP contribution in [0.2, 0.25) is 0 Å². The van der Waals surface area contributed by atoms with Crippen molar-refractivity contribution in [2.24, 2.45) is 5.92 Å². The lowest BCUT2D eigenvalue weighted by Crippen LogP contribution is -2.40. The van der Waals surface area contributed by atoms with Crippen LogP contribution >= 0.6 is 0 Å². The van der Waals surface area contributed by atoms with Crippen molar-refractivity contribution in [2.45, 2.75) is 18.9 Å². The molecule has 5 nitrogen and oxygen atoms in total. The molecule has 2 aromatic carbocycles. The average Bonchev–Trinajstić information content (AvgIpc) is 3.50. The minimum absolute atomic E-state index is 0.0529. The van der Waals surface area contributed by atoms with E-state index in [2.05, 4.69) is 10.6 Å². The van der Waals surface area contributed by atoms with E-state index in [1.54, 1.807) is 12.1 Å². The van der Waals surface area contributed by atoms with E-state index >= 15 is 0 Å². The van der Waals surface area contributed by atoms with Crippen LogP contribution in [0.25, 0.3) is 0 Å². The summed E-state index contributed by atoms with van der Waals surface area (Å²) in [5, 5.41) is 5.47. The van der Waals surface area contributed by atoms with Gasteiger partial charge < -0.3 is 15.4 Å². The molecule has 0 bridgehead atoms. The third kappa shape index (κ3) is 5.05. The summed E-state index contributed by atoms with van der Waals surface area (Å²) in [7, 11) is 0. The minimum Gasteiger partial charge on any atom is -0.488 e. The first-order chi connectivity index (χ1) is 12.6. The van der Waals surface area contributed by atoms with Gasteiger partial charge in [0.25, 0.3) is 0 Å². The van der Waals surface area contributed by atoms with Gasteiger partial charge >= 0.3 is 0 Å². The van der Waals surface area contributed by atoms with Crippen molar-refractivity contribution in [3.63, 3.8) is 0 Å². The Bertz CT molecular complexity index is 763. The van der Waals surface area contributed by atoms with Crippen LogP contribution in [0.1, 0.15) is 24.4 Å². The van der Waals surface area contributed by atoms with E-state index in [9.17, 15) is 14.0 Å². The first-order valence-corrected chi connectivity index (χ1v) is 8.63. The van der Waals surface area contributed by atoms with Crippen LogP contribution in [-0.4, -0.2) is 25.0 Å². The van der Waals surface area contributed by atoms with Gasteiger partial charge in [0.05, 0.1) is 12.6 Å². The zero-order valence-corrected chi connectivity index (χ0v) is 14.3. The molecule has 2 aromatic rings. The molecule has 2 amide bonds. The number of amides is 2. The molecule has 2 N–H and O–H groups in total. The summed E-state index contributed by atoms with van der Waals surface area (Å²) in [5.41, 5.74) is 0.839. The number of para-hydroxylation sites is 1. The van der Waals surface area contributed by atoms with Crippen LogP contribution < -0.4 is 15.4 Å². The molecule has 1 atom stereocenters. The SMILES string of the molecule is O=C(CNC(=O)C1CC1)N[C@@H](COc1ccccc1F)c1ccccc1. The van der Waals surface area contributed by atoms with Crippen LogP contribution in [0.3, 0.4) is 0 Å². The quantitative estimate of drug-likeness (QED) is 0.764. The fourth-order valence-electron chi connectivity index (χ4n) is 2.54. The fraction of sp³-hybridized carbons (Fsp3) is 0.300. The molecule has 136 valence electrons. The Balaban J connectivity index is 1.60. The molecule has 0 radical (unpaired) electrons. The summed E-state index contributed by atoms with van der Waals surface area (Å²) in [6.07, 6.45) is 1.77. The standard InChI is InChI=1S/C20H21FN2O3/c21-16-8-4-5-9-18(16)26-13-17(14-6-2-1-3-7-14)23-19(24)12-22-20(25)15-10-11-15/h1-9,15,17H,10-13H2,(H,22,25)(H,23,24)/t17-/m0/s1. The monoisotopic (exact) mass is 356 g/mol. The van der Waals surface area contributed by atoms with E-state index in [0.29, 0.717) is 0 Å². The van der Waals surface area contributed by atoms with E-state index in [0.717, 1.165) is 18.4 Å². The number of halogens is 1. The van der Waals surface area contributed by atoms with Crippen LogP contribution in [0.4, 0.5) is 4.39 Å². The Labute approximate surface area is 151 Å². The maximum absolute atomic E-state index is 13.7. The maximum atomic E-state index is 13.7. The number of ether oxygens (including phenoxy) is 1. The Morgan fingerprint density at radius 1 is 1.08 bits per heavy atom. The van der Waals surface area contributed by atoms with Gasteiger partial charge in [-0.1, -0.05) is 42.5 Å². The summed E-state index contributed by atoms with van der Waals surface area (Å²) in [4.78, 5) is 23.9. The number of nitrogens with one attached hydrogen (secondary N) is 2. The van der Waals surface area contributed by atoms with Gasteiger partial charge in [-0.05, 0) is 30.5 Å². The normalized spacial score (nSPS) is 14.3. The van der Waals surface area contributed by atoms with Gasteiger partial charge in [-0.3, -0.25) is 9.59 Å². The Morgan fingerprint density at radius 2 is 1.77 bits per heavy atom. The maximum Gasteiger partial charge on any atom is 0.239 e. The van der Waals surface area contributed by atoms with Gasteiger partial charge in [0.1, 0.15) is 6.61 Å². The molecular formula is C20H21FN2O3. The third-order valence-corrected chi connectivity index (χ3v) is 4.15. The predicted octanol–water partition coefficient (Wildman–Crippen LogP) is 2.59. The first-order valence-electron chi connectivity index (χ1n) is 8.63. The second-order valence-corrected chi connectivity index (χ2v) is 6.26. The highest BCUT2D eigenvalue weighted by Crippen LogP contribution is 2.28. The summed E-state index contributed by atoms with van der Waals surface area (Å²) < 4.78 is 19.3. The lowest BCUT2D eigenvalue weighted by Gasteiger charge is -2.20. The average molecular weight is 356 g/mol. The van der Waals surface area contributed by atoms with E-state index in [4.69, 9.17) is 4.74 Å². The molecule has 0 aromatic heterocycles. The molecule has 0 spiro atoms. The van der Waals surface area contributed by atoms with Crippen LogP contribution in [0, 0.1) is 11.7 Å². The van der Waals surface area contributed by atoms with E-state index in [1.807, 2.05) is 30.3 Å². The lowest BCUT2D eigenvalue weighted by molar-refractivity contribution is -0.127. The van der Waals surface area contributed by atoms with Gasteiger partial charge in [-0.15, -0.1) is 0 Å². The lowest BCUT2D eigenvalue weighted by atomic mass is 10.1. The number of hydrogen-bond acceptors (Lipinski definition) is 3. The van der Waals surface area contributed by atoms with Crippen molar-refractivity contribution in [3.05, 3.63) is 66.0 Å². The van der Waals surface area contributed by atoms with Crippen molar-refractivity contribution < 1.29 is 18.7 Å². The third-order valence-electron chi connectivity index (χ3n) is 4.15. The number of rotatable bonds is 8. The summed E-state index contributed by atoms with van der Waals surface area (Å²) in [6.45, 7) is -0.00831. The molecule has 6 heteroatoms. The van der Waals surface area contributed by atoms with Crippen molar-refractivity contribution >= 4 is 11.8 Å². The molecule has 0 aliphatic heterocycles. The zero-order chi connectivity index (χ0) is 18.4. The van der Waals surface area contributed by atoms with Gasteiger partial charge in [-0.2, -0.15) is 0 Å². The predicted molar refractivity (Wildman–Crippen MR) is 95.0 cm³/mol. The molecule has 0 heterocycles. The molecule has 1 aliphatic carbocycles. The summed E-state index contributed by atoms with van der Waals surface area (Å²) in [5.74, 6) is -0.673. The van der Waals surface area contributed by atoms with E-state index in [1.165, 1.54) is 12.1 Å². The Kier molecular flexibility index (Phi) is 5.84. The summed E-state index contributed by atoms with van der Waals surface area (Å²) in [6, 6.07) is 15.0. The van der Waals surface area contributed by atoms with Gasteiger partial charge in [0.15, 0.2) is 11.6 Å². The Morgan fingerprint density at radius 3 is 2.46 bits per heavy atom. The van der Waals surface area contributed by atoms with Crippen LogP contribution in [0.15, 0.2) is 54.6 Å². The van der Waals surface area contributed by atoms with Gasteiger partial charge in [0.2, 0.25) is 11.8 Å². The molecule has 1 fully saturated rings. The summed E-state index contributed by atoms with van der Waals surface area (Å²) >= 11 is 0. The smallest absolute Gasteiger partial charge is 0.239 e. The molecule has 0 saturated heterocycles. The van der Waals surface area contributed by atoms with Crippen LogP contribution in [0.5, 0.6) is 5.75 Å². The fourth-order valence-corrected chi connectivity index (χ4v) is 2.54. The zero-order valence-electron chi connectivity index (χ0n) is 14.3. The van der Waals surface area contributed by atoms with E-state index < -0.39 is 11.9 Å². The number of carbonyl (C=O) groups excluding carboxylic acids is 2. The van der Waals surface area contributed by atoms with Gasteiger partial charge in [-0.25, -0.2) is 4.39 Å². The largest absolute Gasteiger partial charge is 0.488 e. The first kappa shape index (κ1) is 17.9. The highest BCUT2D eigenvalue weighted by Gasteiger charge is 2.29. The molecule has 1 aliphatic rings. The molecule has 1 saturated carbocycles. The van der Waals surface area contributed by atoms with Gasteiger partial charge in [0, 0.05) is 5.92 Å². The van der Waals surface area contributed by atoms with Crippen LogP contribution in [-0.2, 0) is 9.59 Å². The van der Waals surface area contributed by atoms with E-state index in [-0.39, 0.29) is 36.6 Å². The highest BCUT2D eigenvalue weighted by atomic mass is 19.1. The number of carbonyl (C=O) groups is 2. The molecule has 3 rings (SSSR count).